The van der Waals surface area contributed by atoms with Crippen LogP contribution < -0.4 is 10.6 Å². The summed E-state index contributed by atoms with van der Waals surface area (Å²) in [6.45, 7) is 6.18. The number of fused-ring (bicyclic) bond motifs is 1. The van der Waals surface area contributed by atoms with E-state index in [2.05, 4.69) is 33.2 Å². The van der Waals surface area contributed by atoms with Crippen LogP contribution in [0.2, 0.25) is 0 Å². The van der Waals surface area contributed by atoms with E-state index in [1.165, 1.54) is 0 Å². The molecule has 3 rings (SSSR count). The van der Waals surface area contributed by atoms with E-state index >= 15 is 0 Å². The van der Waals surface area contributed by atoms with Crippen molar-refractivity contribution in [2.75, 3.05) is 11.9 Å². The Kier molecular flexibility index (Phi) is 4.79. The summed E-state index contributed by atoms with van der Waals surface area (Å²) in [4.78, 5) is 16.4. The van der Waals surface area contributed by atoms with Gasteiger partial charge in [0.2, 0.25) is 5.95 Å². The number of anilines is 1. The maximum atomic E-state index is 11.8. The van der Waals surface area contributed by atoms with Crippen LogP contribution in [0.25, 0.3) is 11.0 Å². The van der Waals surface area contributed by atoms with E-state index in [-0.39, 0.29) is 5.91 Å². The molecule has 0 spiro atoms. The molecule has 2 aromatic carbocycles. The molecule has 0 unspecified atom stereocenters. The second-order valence-corrected chi connectivity index (χ2v) is 5.58. The van der Waals surface area contributed by atoms with Gasteiger partial charge in [0.05, 0.1) is 11.0 Å². The lowest BCUT2D eigenvalue weighted by Crippen LogP contribution is -2.22. The van der Waals surface area contributed by atoms with E-state index in [1.54, 1.807) is 0 Å². The number of aromatic nitrogens is 2. The molecule has 1 amide bonds. The molecule has 0 bridgehead atoms. The van der Waals surface area contributed by atoms with Crippen LogP contribution in [-0.2, 0) is 13.1 Å². The number of rotatable bonds is 6. The zero-order chi connectivity index (χ0) is 16.9. The topological polar surface area (TPSA) is 59.0 Å². The quantitative estimate of drug-likeness (QED) is 0.731. The van der Waals surface area contributed by atoms with Gasteiger partial charge < -0.3 is 15.2 Å². The summed E-state index contributed by atoms with van der Waals surface area (Å²) in [5.74, 6) is 0.830. The van der Waals surface area contributed by atoms with Gasteiger partial charge in [0.15, 0.2) is 0 Å². The minimum Gasteiger partial charge on any atom is -0.352 e. The lowest BCUT2D eigenvalue weighted by atomic mass is 10.1. The molecule has 0 fully saturated rings. The molecule has 0 radical (unpaired) electrons. The van der Waals surface area contributed by atoms with Crippen LogP contribution in [0.15, 0.2) is 48.5 Å². The molecular weight excluding hydrogens is 300 g/mol. The minimum atomic E-state index is -0.0372. The third-order valence-electron chi connectivity index (χ3n) is 3.97. The predicted molar refractivity (Wildman–Crippen MR) is 97.2 cm³/mol. The zero-order valence-electron chi connectivity index (χ0n) is 14.0. The smallest absolute Gasteiger partial charge is 0.251 e. The Balaban J connectivity index is 1.73. The molecule has 2 N–H and O–H groups in total. The molecule has 1 aromatic heterocycles. The summed E-state index contributed by atoms with van der Waals surface area (Å²) >= 11 is 0. The minimum absolute atomic E-state index is 0.0372. The van der Waals surface area contributed by atoms with Gasteiger partial charge in [-0.15, -0.1) is 0 Å². The summed E-state index contributed by atoms with van der Waals surface area (Å²) in [7, 11) is 0. The lowest BCUT2D eigenvalue weighted by Gasteiger charge is -2.09. The number of benzene rings is 2. The molecule has 5 heteroatoms. The Labute approximate surface area is 141 Å². The van der Waals surface area contributed by atoms with E-state index in [1.807, 2.05) is 49.4 Å². The van der Waals surface area contributed by atoms with E-state index in [0.717, 1.165) is 29.1 Å². The van der Waals surface area contributed by atoms with Crippen molar-refractivity contribution >= 4 is 22.9 Å². The maximum Gasteiger partial charge on any atom is 0.251 e. The summed E-state index contributed by atoms with van der Waals surface area (Å²) in [6.07, 6.45) is 0. The first-order valence-electron chi connectivity index (χ1n) is 8.29. The van der Waals surface area contributed by atoms with Crippen molar-refractivity contribution in [2.24, 2.45) is 0 Å². The highest BCUT2D eigenvalue weighted by Gasteiger charge is 2.09. The maximum absolute atomic E-state index is 11.8. The number of para-hydroxylation sites is 2. The summed E-state index contributed by atoms with van der Waals surface area (Å²) in [6, 6.07) is 15.8. The fourth-order valence-electron chi connectivity index (χ4n) is 2.75. The van der Waals surface area contributed by atoms with Gasteiger partial charge >= 0.3 is 0 Å². The fourth-order valence-corrected chi connectivity index (χ4v) is 2.75. The van der Waals surface area contributed by atoms with Crippen molar-refractivity contribution in [1.29, 1.82) is 0 Å². The van der Waals surface area contributed by atoms with E-state index < -0.39 is 0 Å². The molecular formula is C19H22N4O. The number of carbonyl (C=O) groups is 1. The van der Waals surface area contributed by atoms with Gasteiger partial charge in [0.25, 0.3) is 5.91 Å². The zero-order valence-corrected chi connectivity index (χ0v) is 14.0. The molecule has 0 saturated heterocycles. The largest absolute Gasteiger partial charge is 0.352 e. The number of nitrogens with zero attached hydrogens (tertiary/aromatic N) is 2. The van der Waals surface area contributed by atoms with Crippen LogP contribution in [0.5, 0.6) is 0 Å². The van der Waals surface area contributed by atoms with Crippen LogP contribution in [0.4, 0.5) is 5.95 Å². The molecule has 0 aliphatic carbocycles. The van der Waals surface area contributed by atoms with Crippen LogP contribution in [0, 0.1) is 0 Å². The van der Waals surface area contributed by atoms with Gasteiger partial charge in [0.1, 0.15) is 0 Å². The molecule has 0 saturated carbocycles. The summed E-state index contributed by atoms with van der Waals surface area (Å²) in [5, 5.41) is 6.20. The average molecular weight is 322 g/mol. The van der Waals surface area contributed by atoms with E-state index in [0.29, 0.717) is 18.7 Å². The number of imidazole rings is 1. The SMILES string of the molecule is CCNC(=O)c1ccc(CNc2nc3ccccc3n2CC)cc1. The van der Waals surface area contributed by atoms with Crippen molar-refractivity contribution in [3.05, 3.63) is 59.7 Å². The molecule has 24 heavy (non-hydrogen) atoms. The third kappa shape index (κ3) is 3.25. The molecule has 0 aliphatic heterocycles. The molecule has 5 nitrogen and oxygen atoms in total. The standard InChI is InChI=1S/C19H22N4O/c1-3-20-18(24)15-11-9-14(10-12-15)13-21-19-22-16-7-5-6-8-17(16)23(19)4-2/h5-12H,3-4,13H2,1-2H3,(H,20,24)(H,21,22). The van der Waals surface area contributed by atoms with Crippen LogP contribution in [0.3, 0.4) is 0 Å². The first-order chi connectivity index (χ1) is 11.7. The van der Waals surface area contributed by atoms with Crippen molar-refractivity contribution in [1.82, 2.24) is 14.9 Å². The van der Waals surface area contributed by atoms with Crippen LogP contribution in [0.1, 0.15) is 29.8 Å². The Bertz CT molecular complexity index is 836. The Hall–Kier alpha value is -2.82. The third-order valence-corrected chi connectivity index (χ3v) is 3.97. The number of amides is 1. The molecule has 0 atom stereocenters. The van der Waals surface area contributed by atoms with Gasteiger partial charge in [0, 0.05) is 25.2 Å². The van der Waals surface area contributed by atoms with Crippen LogP contribution >= 0.6 is 0 Å². The number of aryl methyl sites for hydroxylation is 1. The highest BCUT2D eigenvalue weighted by atomic mass is 16.1. The highest BCUT2D eigenvalue weighted by Crippen LogP contribution is 2.19. The average Bonchev–Trinajstić information content (AvgIpc) is 2.98. The monoisotopic (exact) mass is 322 g/mol. The van der Waals surface area contributed by atoms with Crippen molar-refractivity contribution in [3.63, 3.8) is 0 Å². The molecule has 1 heterocycles. The molecule has 0 aliphatic rings. The van der Waals surface area contributed by atoms with Gasteiger partial charge in [-0.3, -0.25) is 4.79 Å². The van der Waals surface area contributed by atoms with E-state index in [9.17, 15) is 4.79 Å². The lowest BCUT2D eigenvalue weighted by molar-refractivity contribution is 0.0956. The number of nitrogens with one attached hydrogen (secondary N) is 2. The Morgan fingerprint density at radius 2 is 1.83 bits per heavy atom. The van der Waals surface area contributed by atoms with Gasteiger partial charge in [-0.25, -0.2) is 4.98 Å². The first kappa shape index (κ1) is 16.1. The van der Waals surface area contributed by atoms with E-state index in [4.69, 9.17) is 0 Å². The summed E-state index contributed by atoms with van der Waals surface area (Å²) in [5.41, 5.74) is 3.92. The van der Waals surface area contributed by atoms with Gasteiger partial charge in [-0.05, 0) is 43.7 Å². The predicted octanol–water partition coefficient (Wildman–Crippen LogP) is 3.42. The Morgan fingerprint density at radius 3 is 2.54 bits per heavy atom. The van der Waals surface area contributed by atoms with Gasteiger partial charge in [-0.2, -0.15) is 0 Å². The van der Waals surface area contributed by atoms with Crippen molar-refractivity contribution < 1.29 is 4.79 Å². The second kappa shape index (κ2) is 7.17. The highest BCUT2D eigenvalue weighted by molar-refractivity contribution is 5.94. The fraction of sp³-hybridized carbons (Fsp3) is 0.263. The van der Waals surface area contributed by atoms with Gasteiger partial charge in [-0.1, -0.05) is 24.3 Å². The molecule has 3 aromatic rings. The van der Waals surface area contributed by atoms with Crippen LogP contribution in [-0.4, -0.2) is 22.0 Å². The molecule has 124 valence electrons. The number of hydrogen-bond acceptors (Lipinski definition) is 3. The Morgan fingerprint density at radius 1 is 1.08 bits per heavy atom. The second-order valence-electron chi connectivity index (χ2n) is 5.58. The normalized spacial score (nSPS) is 10.8. The first-order valence-corrected chi connectivity index (χ1v) is 8.29. The number of hydrogen-bond donors (Lipinski definition) is 2. The van der Waals surface area contributed by atoms with Crippen molar-refractivity contribution in [2.45, 2.75) is 26.9 Å². The number of carbonyl (C=O) groups excluding carboxylic acids is 1. The van der Waals surface area contributed by atoms with Crippen molar-refractivity contribution in [3.8, 4) is 0 Å². The summed E-state index contributed by atoms with van der Waals surface area (Å²) < 4.78 is 2.17.